The van der Waals surface area contributed by atoms with Crippen LogP contribution < -0.4 is 20.3 Å². The summed E-state index contributed by atoms with van der Waals surface area (Å²) in [6.45, 7) is 9.90. The first-order valence-electron chi connectivity index (χ1n) is 17.8. The quantitative estimate of drug-likeness (QED) is 0.0418. The van der Waals surface area contributed by atoms with Crippen molar-refractivity contribution in [3.05, 3.63) is 121 Å². The first-order chi connectivity index (χ1) is 25.0. The minimum absolute atomic E-state index is 0.0852. The Labute approximate surface area is 314 Å². The molecule has 53 heavy (non-hydrogen) atoms. The number of benzene rings is 4. The molecular weight excluding hydrogens is 722 g/mol. The van der Waals surface area contributed by atoms with Gasteiger partial charge in [0.2, 0.25) is 0 Å². The van der Waals surface area contributed by atoms with Gasteiger partial charge < -0.3 is 0 Å². The second kappa shape index (κ2) is 15.5. The Kier molecular flexibility index (Phi) is 11.6. The van der Waals surface area contributed by atoms with E-state index in [1.165, 1.54) is 6.92 Å². The average Bonchev–Trinajstić information content (AvgIpc) is 3.10. The van der Waals surface area contributed by atoms with Gasteiger partial charge >= 0.3 is 316 Å². The predicted molar refractivity (Wildman–Crippen MR) is 215 cm³/mol. The Hall–Kier alpha value is -4.42. The van der Waals surface area contributed by atoms with E-state index in [0.29, 0.717) is 27.2 Å². The summed E-state index contributed by atoms with van der Waals surface area (Å²) in [4.78, 5) is 56.1. The van der Waals surface area contributed by atoms with E-state index in [2.05, 4.69) is 39.3 Å². The molecule has 0 aliphatic carbocycles. The second-order valence-corrected chi connectivity index (χ2v) is 28.4. The van der Waals surface area contributed by atoms with Crippen molar-refractivity contribution in [1.29, 1.82) is 0 Å². The van der Waals surface area contributed by atoms with Crippen molar-refractivity contribution >= 4 is 63.2 Å². The van der Waals surface area contributed by atoms with Crippen LogP contribution in [0.1, 0.15) is 30.6 Å². The van der Waals surface area contributed by atoms with Crippen molar-refractivity contribution in [1.82, 2.24) is 4.67 Å². The number of carbonyl (C=O) groups is 4. The van der Waals surface area contributed by atoms with Gasteiger partial charge in [-0.05, 0) is 0 Å². The van der Waals surface area contributed by atoms with E-state index >= 15 is 4.79 Å². The first-order valence-corrected chi connectivity index (χ1v) is 26.8. The summed E-state index contributed by atoms with van der Waals surface area (Å²) >= 11 is 0. The number of rotatable bonds is 15. The third-order valence-corrected chi connectivity index (χ3v) is 16.6. The van der Waals surface area contributed by atoms with Gasteiger partial charge in [0.1, 0.15) is 0 Å². The Morgan fingerprint density at radius 1 is 0.736 bits per heavy atom. The molecule has 9 nitrogen and oxygen atoms in total. The second-order valence-electron chi connectivity index (χ2n) is 15.3. The molecule has 0 saturated carbocycles. The molecule has 5 rings (SSSR count). The summed E-state index contributed by atoms with van der Waals surface area (Å²) in [5, 5.41) is 1.71. The van der Waals surface area contributed by atoms with Crippen LogP contribution in [0.2, 0.25) is 39.3 Å². The third-order valence-electron chi connectivity index (χ3n) is 9.05. The van der Waals surface area contributed by atoms with Crippen LogP contribution in [0, 0.1) is 5.92 Å². The number of hydrogen-bond donors (Lipinski definition) is 0. The van der Waals surface area contributed by atoms with E-state index in [9.17, 15) is 14.4 Å². The molecule has 0 bridgehead atoms. The standard InChI is InChI=1S/C41H50NO8PSi2/c1-30(49-52(3,4)5)40-37(28-38(44)32-19-18-20-33(27-32)50-53(6,7)8)42(41(40)46)51(34-21-12-9-13-22-34,35-23-14-10-15-24-35,36-25-16-11-17-26-36)48-39(45)29-47-31(2)43/h9-27,30,37,40H,28-29H2,1-8H3/t30-,37-,40-/m1/s1. The average molecular weight is 772 g/mol. The summed E-state index contributed by atoms with van der Waals surface area (Å²) in [6, 6.07) is 34.1. The van der Waals surface area contributed by atoms with Gasteiger partial charge in [0.15, 0.2) is 0 Å². The SMILES string of the molecule is CC(=O)OCC(=O)OP(c1ccccc1)(c1ccccc1)(c1ccccc1)N1C(=O)[C@H]([C@@H](C)O[Si](C)(C)C)[C@H]1CC(=O)c1cccc(O[Si](C)(C)C)c1. The number of ether oxygens (including phenoxy) is 1. The van der Waals surface area contributed by atoms with Gasteiger partial charge in [-0.1, -0.05) is 0 Å². The number of Topliss-reactive ketones (excluding diaryl/α,β-unsaturated/α-hetero) is 1. The summed E-state index contributed by atoms with van der Waals surface area (Å²) in [6.07, 6.45) is -0.635. The molecule has 4 aromatic carbocycles. The molecule has 0 aromatic heterocycles. The van der Waals surface area contributed by atoms with Gasteiger partial charge in [-0.25, -0.2) is 0 Å². The van der Waals surface area contributed by atoms with Crippen LogP contribution in [0.4, 0.5) is 0 Å². The van der Waals surface area contributed by atoms with Gasteiger partial charge in [0, 0.05) is 0 Å². The van der Waals surface area contributed by atoms with E-state index in [1.807, 2.05) is 104 Å². The van der Waals surface area contributed by atoms with Crippen LogP contribution in [-0.2, 0) is 28.1 Å². The molecule has 280 valence electrons. The topological polar surface area (TPSA) is 108 Å². The minimum atomic E-state index is -4.93. The summed E-state index contributed by atoms with van der Waals surface area (Å²) < 4.78 is 26.7. The van der Waals surface area contributed by atoms with Crippen molar-refractivity contribution in [3.8, 4) is 5.75 Å². The maximum atomic E-state index is 15.3. The van der Waals surface area contributed by atoms with Gasteiger partial charge in [-0.2, -0.15) is 0 Å². The molecule has 12 heteroatoms. The fraction of sp³-hybridized carbons (Fsp3) is 0.317. The van der Waals surface area contributed by atoms with Crippen LogP contribution >= 0.6 is 6.98 Å². The van der Waals surface area contributed by atoms with Gasteiger partial charge in [0.05, 0.1) is 0 Å². The molecule has 1 fully saturated rings. The number of esters is 1. The normalized spacial score (nSPS) is 17.5. The Bertz CT molecular complexity index is 1850. The molecule has 0 spiro atoms. The zero-order chi connectivity index (χ0) is 38.6. The van der Waals surface area contributed by atoms with E-state index < -0.39 is 60.2 Å². The van der Waals surface area contributed by atoms with Crippen LogP contribution in [-0.4, -0.2) is 63.7 Å². The van der Waals surface area contributed by atoms with Crippen LogP contribution in [0.15, 0.2) is 115 Å². The van der Waals surface area contributed by atoms with Gasteiger partial charge in [-0.15, -0.1) is 0 Å². The summed E-state index contributed by atoms with van der Waals surface area (Å²) in [5.74, 6) is -2.12. The van der Waals surface area contributed by atoms with E-state index in [0.717, 1.165) is 0 Å². The van der Waals surface area contributed by atoms with Crippen molar-refractivity contribution in [3.63, 3.8) is 0 Å². The number of ketones is 1. The summed E-state index contributed by atoms with van der Waals surface area (Å²) in [7, 11) is -4.16. The fourth-order valence-corrected chi connectivity index (χ4v) is 15.4. The third kappa shape index (κ3) is 8.09. The molecule has 3 atom stereocenters. The van der Waals surface area contributed by atoms with E-state index in [4.69, 9.17) is 18.1 Å². The summed E-state index contributed by atoms with van der Waals surface area (Å²) in [5.41, 5.74) is 0.448. The fourth-order valence-electron chi connectivity index (χ4n) is 7.30. The van der Waals surface area contributed by atoms with Crippen molar-refractivity contribution in [2.24, 2.45) is 5.92 Å². The van der Waals surface area contributed by atoms with Crippen molar-refractivity contribution in [2.75, 3.05) is 6.61 Å². The van der Waals surface area contributed by atoms with E-state index in [-0.39, 0.29) is 18.1 Å². The zero-order valence-electron chi connectivity index (χ0n) is 31.8. The van der Waals surface area contributed by atoms with Crippen LogP contribution in [0.5, 0.6) is 5.75 Å². The van der Waals surface area contributed by atoms with Gasteiger partial charge in [-0.3, -0.25) is 0 Å². The zero-order valence-corrected chi connectivity index (χ0v) is 34.7. The first kappa shape index (κ1) is 39.8. The van der Waals surface area contributed by atoms with Crippen LogP contribution in [0.25, 0.3) is 0 Å². The van der Waals surface area contributed by atoms with Crippen molar-refractivity contribution in [2.45, 2.75) is 71.7 Å². The van der Waals surface area contributed by atoms with Crippen molar-refractivity contribution < 1.29 is 37.3 Å². The molecule has 0 unspecified atom stereocenters. The Morgan fingerprint density at radius 3 is 1.70 bits per heavy atom. The van der Waals surface area contributed by atoms with Gasteiger partial charge in [0.25, 0.3) is 0 Å². The number of nitrogens with zero attached hydrogens (tertiary/aromatic N) is 1. The molecule has 1 aliphatic heterocycles. The number of amides is 1. The molecule has 4 aromatic rings. The number of β-lactam (4-membered cyclic amide) rings is 1. The monoisotopic (exact) mass is 771 g/mol. The molecule has 1 saturated heterocycles. The Morgan fingerprint density at radius 2 is 1.25 bits per heavy atom. The number of hydrogen-bond acceptors (Lipinski definition) is 8. The molecule has 0 radical (unpaired) electrons. The molecule has 0 N–H and O–H groups in total. The molecular formula is C41H50NO8PSi2. The Balaban J connectivity index is 1.82. The molecule has 1 aliphatic rings. The predicted octanol–water partition coefficient (Wildman–Crippen LogP) is 7.01. The molecule has 1 amide bonds. The van der Waals surface area contributed by atoms with Crippen LogP contribution in [0.3, 0.4) is 0 Å². The number of carbonyl (C=O) groups excluding carboxylic acids is 4. The van der Waals surface area contributed by atoms with E-state index in [1.54, 1.807) is 22.9 Å². The maximum absolute atomic E-state index is 15.3. The molecule has 1 heterocycles.